The second-order valence-corrected chi connectivity index (χ2v) is 6.00. The first kappa shape index (κ1) is 15.0. The average Bonchev–Trinajstić information content (AvgIpc) is 2.54. The van der Waals surface area contributed by atoms with Crippen LogP contribution in [0.3, 0.4) is 0 Å². The number of carbonyl (C=O) groups is 1. The number of hydrogen-bond donors (Lipinski definition) is 2. The van der Waals surface area contributed by atoms with Crippen molar-refractivity contribution in [1.82, 2.24) is 4.98 Å². The van der Waals surface area contributed by atoms with Crippen LogP contribution in [0.25, 0.3) is 0 Å². The second-order valence-electron chi connectivity index (χ2n) is 5.34. The van der Waals surface area contributed by atoms with Gasteiger partial charge in [-0.15, -0.1) is 0 Å². The van der Waals surface area contributed by atoms with Crippen LogP contribution in [0, 0.1) is 11.7 Å². The van der Waals surface area contributed by atoms with Gasteiger partial charge in [-0.1, -0.05) is 6.07 Å². The molecule has 3 rings (SSSR count). The highest BCUT2D eigenvalue weighted by Crippen LogP contribution is 2.27. The maximum atomic E-state index is 13.3. The number of aromatic nitrogens is 1. The van der Waals surface area contributed by atoms with Gasteiger partial charge < -0.3 is 5.32 Å². The topological polar surface area (TPSA) is 68.0 Å². The van der Waals surface area contributed by atoms with Gasteiger partial charge in [0.15, 0.2) is 0 Å². The molecule has 0 spiro atoms. The van der Waals surface area contributed by atoms with Gasteiger partial charge in [-0.05, 0) is 66.6 Å². The predicted molar refractivity (Wildman–Crippen MR) is 84.8 cm³/mol. The van der Waals surface area contributed by atoms with Crippen LogP contribution >= 0.6 is 11.9 Å². The third kappa shape index (κ3) is 3.28. The quantitative estimate of drug-likeness (QED) is 0.854. The third-order valence-corrected chi connectivity index (χ3v) is 4.36. The first-order valence-corrected chi connectivity index (χ1v) is 7.94. The Bertz CT molecular complexity index is 708. The van der Waals surface area contributed by atoms with E-state index >= 15 is 0 Å². The van der Waals surface area contributed by atoms with Crippen molar-refractivity contribution in [3.05, 3.63) is 53.5 Å². The van der Waals surface area contributed by atoms with Gasteiger partial charge in [0.1, 0.15) is 10.8 Å². The average molecular weight is 317 g/mol. The van der Waals surface area contributed by atoms with Gasteiger partial charge in [0.25, 0.3) is 0 Å². The maximum absolute atomic E-state index is 13.3. The lowest BCUT2D eigenvalue weighted by molar-refractivity contribution is -0.120. The fraction of sp³-hybridized carbons (Fsp3) is 0.250. The molecule has 6 heteroatoms. The lowest BCUT2D eigenvalue weighted by atomic mass is 9.83. The van der Waals surface area contributed by atoms with E-state index in [4.69, 9.17) is 5.14 Å². The highest BCUT2D eigenvalue weighted by atomic mass is 32.2. The molecule has 1 aromatic heterocycles. The lowest BCUT2D eigenvalue weighted by Crippen LogP contribution is -2.28. The van der Waals surface area contributed by atoms with Gasteiger partial charge in [-0.3, -0.25) is 9.93 Å². The molecule has 1 amide bonds. The Morgan fingerprint density at radius 2 is 2.18 bits per heavy atom. The largest absolute Gasteiger partial charge is 0.326 e. The number of halogens is 1. The molecule has 0 bridgehead atoms. The summed E-state index contributed by atoms with van der Waals surface area (Å²) in [4.78, 5) is 16.5. The zero-order chi connectivity index (χ0) is 15.5. The van der Waals surface area contributed by atoms with Crippen molar-refractivity contribution in [3.8, 4) is 0 Å². The van der Waals surface area contributed by atoms with Gasteiger partial charge >= 0.3 is 0 Å². The Labute approximate surface area is 132 Å². The fourth-order valence-corrected chi connectivity index (χ4v) is 3.06. The van der Waals surface area contributed by atoms with Crippen molar-refractivity contribution in [3.63, 3.8) is 0 Å². The number of nitrogens with one attached hydrogen (secondary N) is 1. The molecule has 0 saturated carbocycles. The van der Waals surface area contributed by atoms with Crippen LogP contribution in [0.1, 0.15) is 17.5 Å². The minimum atomic E-state index is -0.251. The molecule has 0 aliphatic heterocycles. The summed E-state index contributed by atoms with van der Waals surface area (Å²) in [6.45, 7) is 0. The van der Waals surface area contributed by atoms with E-state index < -0.39 is 0 Å². The van der Waals surface area contributed by atoms with Gasteiger partial charge in [-0.25, -0.2) is 9.37 Å². The molecule has 3 N–H and O–H groups in total. The zero-order valence-corrected chi connectivity index (χ0v) is 12.7. The molecule has 1 aromatic carbocycles. The van der Waals surface area contributed by atoms with Gasteiger partial charge in [-0.2, -0.15) is 0 Å². The van der Waals surface area contributed by atoms with Crippen LogP contribution in [0.2, 0.25) is 0 Å². The smallest absolute Gasteiger partial charge is 0.227 e. The number of aryl methyl sites for hydroxylation is 1. The number of fused-ring (bicyclic) bond motifs is 1. The standard InChI is InChI=1S/C16H16FN3OS/c17-13-4-3-10-1-2-11(7-12(10)8-13)16(21)20-14-5-6-19-15(9-14)22-18/h3-6,8-9,11H,1-2,7,18H2,(H,19,20,21). The number of hydrogen-bond acceptors (Lipinski definition) is 4. The van der Waals surface area contributed by atoms with E-state index in [1.807, 2.05) is 6.07 Å². The minimum absolute atomic E-state index is 0.0471. The van der Waals surface area contributed by atoms with Crippen LogP contribution in [-0.4, -0.2) is 10.9 Å². The number of nitrogens with zero attached hydrogens (tertiary/aromatic N) is 1. The van der Waals surface area contributed by atoms with E-state index in [9.17, 15) is 9.18 Å². The Morgan fingerprint density at radius 3 is 3.00 bits per heavy atom. The van der Waals surface area contributed by atoms with Crippen LogP contribution in [0.5, 0.6) is 0 Å². The number of amides is 1. The molecule has 114 valence electrons. The summed E-state index contributed by atoms with van der Waals surface area (Å²) in [7, 11) is 0. The SMILES string of the molecule is NSc1cc(NC(=O)C2CCc3ccc(F)cc3C2)ccn1. The van der Waals surface area contributed by atoms with Crippen LogP contribution in [0.15, 0.2) is 41.6 Å². The molecule has 1 atom stereocenters. The van der Waals surface area contributed by atoms with Crippen LogP contribution in [0.4, 0.5) is 10.1 Å². The number of nitrogens with two attached hydrogens (primary N) is 1. The molecule has 0 radical (unpaired) electrons. The van der Waals surface area contributed by atoms with Crippen molar-refractivity contribution >= 4 is 23.5 Å². The molecular weight excluding hydrogens is 301 g/mol. The molecule has 1 heterocycles. The highest BCUT2D eigenvalue weighted by Gasteiger charge is 2.25. The van der Waals surface area contributed by atoms with Gasteiger partial charge in [0.2, 0.25) is 5.91 Å². The normalized spacial score (nSPS) is 16.9. The number of pyridine rings is 1. The summed E-state index contributed by atoms with van der Waals surface area (Å²) >= 11 is 1.03. The second kappa shape index (κ2) is 6.46. The van der Waals surface area contributed by atoms with E-state index in [0.717, 1.165) is 35.9 Å². The Morgan fingerprint density at radius 1 is 1.32 bits per heavy atom. The van der Waals surface area contributed by atoms with Crippen molar-refractivity contribution in [1.29, 1.82) is 0 Å². The summed E-state index contributed by atoms with van der Waals surface area (Å²) in [6.07, 6.45) is 3.75. The third-order valence-electron chi connectivity index (χ3n) is 3.89. The summed E-state index contributed by atoms with van der Waals surface area (Å²) in [5, 5.41) is 9.00. The van der Waals surface area contributed by atoms with E-state index in [2.05, 4.69) is 10.3 Å². The van der Waals surface area contributed by atoms with Crippen molar-refractivity contribution in [2.24, 2.45) is 11.1 Å². The van der Waals surface area contributed by atoms with Gasteiger partial charge in [0, 0.05) is 17.8 Å². The molecule has 1 unspecified atom stereocenters. The lowest BCUT2D eigenvalue weighted by Gasteiger charge is -2.24. The number of anilines is 1. The predicted octanol–water partition coefficient (Wildman–Crippen LogP) is 2.93. The first-order valence-electron chi connectivity index (χ1n) is 7.06. The molecule has 4 nitrogen and oxygen atoms in total. The summed E-state index contributed by atoms with van der Waals surface area (Å²) < 4.78 is 13.3. The highest BCUT2D eigenvalue weighted by molar-refractivity contribution is 7.97. The summed E-state index contributed by atoms with van der Waals surface area (Å²) in [5.41, 5.74) is 2.74. The van der Waals surface area contributed by atoms with E-state index in [1.165, 1.54) is 12.1 Å². The summed E-state index contributed by atoms with van der Waals surface area (Å²) in [6, 6.07) is 8.28. The Balaban J connectivity index is 1.71. The molecular formula is C16H16FN3OS. The monoisotopic (exact) mass is 317 g/mol. The number of rotatable bonds is 3. The van der Waals surface area contributed by atoms with Crippen LogP contribution in [-0.2, 0) is 17.6 Å². The Hall–Kier alpha value is -1.92. The van der Waals surface area contributed by atoms with Crippen LogP contribution < -0.4 is 10.5 Å². The Kier molecular flexibility index (Phi) is 4.40. The van der Waals surface area contributed by atoms with Crippen molar-refractivity contribution < 1.29 is 9.18 Å². The minimum Gasteiger partial charge on any atom is -0.326 e. The van der Waals surface area contributed by atoms with E-state index in [0.29, 0.717) is 17.1 Å². The maximum Gasteiger partial charge on any atom is 0.227 e. The van der Waals surface area contributed by atoms with Crippen molar-refractivity contribution in [2.45, 2.75) is 24.3 Å². The summed E-state index contributed by atoms with van der Waals surface area (Å²) in [5.74, 6) is -0.441. The fourth-order valence-electron chi connectivity index (χ4n) is 2.75. The molecule has 1 aliphatic carbocycles. The molecule has 0 saturated heterocycles. The number of carbonyl (C=O) groups excluding carboxylic acids is 1. The molecule has 1 aliphatic rings. The molecule has 22 heavy (non-hydrogen) atoms. The zero-order valence-electron chi connectivity index (χ0n) is 11.9. The van der Waals surface area contributed by atoms with E-state index in [1.54, 1.807) is 18.3 Å². The van der Waals surface area contributed by atoms with Gasteiger partial charge in [0.05, 0.1) is 0 Å². The first-order chi connectivity index (χ1) is 10.7. The van der Waals surface area contributed by atoms with Crippen molar-refractivity contribution in [2.75, 3.05) is 5.32 Å². The number of benzene rings is 1. The van der Waals surface area contributed by atoms with E-state index in [-0.39, 0.29) is 17.6 Å². The molecule has 2 aromatic rings. The molecule has 0 fully saturated rings.